The molecular formula is C3H6S. The Kier molecular flexibility index (Phi) is 3.64. The van der Waals surface area contributed by atoms with Crippen molar-refractivity contribution in [1.82, 2.24) is 0 Å². The topological polar surface area (TPSA) is 0 Å². The molecule has 0 aromatic rings. The van der Waals surface area contributed by atoms with Gasteiger partial charge in [0.15, 0.2) is 0 Å². The summed E-state index contributed by atoms with van der Waals surface area (Å²) >= 11 is 3.81. The molecule has 0 rings (SSSR count). The first-order valence-electron chi connectivity index (χ1n) is 1.17. The Morgan fingerprint density at radius 2 is 2.25 bits per heavy atom. The van der Waals surface area contributed by atoms with Crippen molar-refractivity contribution in [3.8, 4) is 0 Å². The van der Waals surface area contributed by atoms with Crippen LogP contribution in [-0.4, -0.2) is 5.75 Å². The minimum atomic E-state index is 0.764. The fourth-order valence-electron chi connectivity index (χ4n) is 0. The lowest BCUT2D eigenvalue weighted by atomic mass is 10.6. The zero-order valence-corrected chi connectivity index (χ0v) is 3.55. The third kappa shape index (κ3) is 2.35. The number of hydrogen-bond donors (Lipinski definition) is 1. The first-order chi connectivity index (χ1) is 1.91. The summed E-state index contributed by atoms with van der Waals surface area (Å²) in [5.74, 6) is 0.764. The number of rotatable bonds is 1. The molecule has 0 saturated carbocycles. The largest absolute Gasteiger partial charge is 0.179 e. The predicted octanol–water partition coefficient (Wildman–Crippen LogP) is 1.02. The maximum absolute atomic E-state index is 3.81. The van der Waals surface area contributed by atoms with Crippen molar-refractivity contribution in [3.63, 3.8) is 0 Å². The fourth-order valence-corrected chi connectivity index (χ4v) is 0. The van der Waals surface area contributed by atoms with E-state index >= 15 is 0 Å². The number of hydrogen-bond acceptors (Lipinski definition) is 1. The van der Waals surface area contributed by atoms with Crippen LogP contribution in [0.2, 0.25) is 0 Å². The van der Waals surface area contributed by atoms with Gasteiger partial charge in [0, 0.05) is 0 Å². The summed E-state index contributed by atoms with van der Waals surface area (Å²) in [5.41, 5.74) is 0. The summed E-state index contributed by atoms with van der Waals surface area (Å²) in [5, 5.41) is 0. The highest BCUT2D eigenvalue weighted by Gasteiger charge is 1.58. The highest BCUT2D eigenvalue weighted by Crippen LogP contribution is 1.72. The lowest BCUT2D eigenvalue weighted by molar-refractivity contribution is 1.44. The lowest BCUT2D eigenvalue weighted by Crippen LogP contribution is -1.58. The Morgan fingerprint density at radius 1 is 2.00 bits per heavy atom. The van der Waals surface area contributed by atoms with Crippen molar-refractivity contribution in [2.75, 3.05) is 5.75 Å². The van der Waals surface area contributed by atoms with Crippen molar-refractivity contribution in [2.24, 2.45) is 0 Å². The quantitative estimate of drug-likeness (QED) is 0.441. The van der Waals surface area contributed by atoms with Gasteiger partial charge >= 0.3 is 0 Å². The van der Waals surface area contributed by atoms with E-state index in [0.717, 1.165) is 5.75 Å². The van der Waals surface area contributed by atoms with E-state index < -0.39 is 0 Å². The SMILES string of the molecule is C[C]CS. The summed E-state index contributed by atoms with van der Waals surface area (Å²) in [6.45, 7) is 1.85. The maximum Gasteiger partial charge on any atom is -0.00323 e. The average molecular weight is 74.1 g/mol. The molecule has 0 atom stereocenters. The molecule has 0 nitrogen and oxygen atoms in total. The molecule has 0 aromatic carbocycles. The van der Waals surface area contributed by atoms with E-state index in [1.54, 1.807) is 0 Å². The first-order valence-corrected chi connectivity index (χ1v) is 1.80. The van der Waals surface area contributed by atoms with Gasteiger partial charge < -0.3 is 0 Å². The summed E-state index contributed by atoms with van der Waals surface area (Å²) < 4.78 is 0. The van der Waals surface area contributed by atoms with E-state index in [1.807, 2.05) is 6.92 Å². The van der Waals surface area contributed by atoms with Crippen LogP contribution in [0.4, 0.5) is 0 Å². The van der Waals surface area contributed by atoms with Crippen LogP contribution in [0.15, 0.2) is 0 Å². The van der Waals surface area contributed by atoms with Gasteiger partial charge in [0.1, 0.15) is 0 Å². The van der Waals surface area contributed by atoms with E-state index in [2.05, 4.69) is 19.0 Å². The summed E-state index contributed by atoms with van der Waals surface area (Å²) in [6, 6.07) is 0. The molecule has 24 valence electrons. The van der Waals surface area contributed by atoms with Crippen molar-refractivity contribution in [3.05, 3.63) is 6.42 Å². The molecule has 0 unspecified atom stereocenters. The van der Waals surface area contributed by atoms with Crippen LogP contribution < -0.4 is 0 Å². The summed E-state index contributed by atoms with van der Waals surface area (Å²) in [4.78, 5) is 0. The third-order valence-corrected chi connectivity index (χ3v) is 0.474. The molecule has 0 amide bonds. The molecule has 0 aliphatic rings. The van der Waals surface area contributed by atoms with E-state index in [0.29, 0.717) is 0 Å². The minimum absolute atomic E-state index is 0.764. The molecule has 0 heterocycles. The zero-order valence-electron chi connectivity index (χ0n) is 2.65. The van der Waals surface area contributed by atoms with E-state index in [9.17, 15) is 0 Å². The highest BCUT2D eigenvalue weighted by atomic mass is 32.1. The maximum atomic E-state index is 3.81. The Hall–Kier alpha value is 0.350. The van der Waals surface area contributed by atoms with Crippen LogP contribution in [0.25, 0.3) is 0 Å². The molecule has 1 heteroatoms. The fraction of sp³-hybridized carbons (Fsp3) is 0.667. The second kappa shape index (κ2) is 3.35. The van der Waals surface area contributed by atoms with Crippen LogP contribution in [0.3, 0.4) is 0 Å². The molecule has 0 aliphatic heterocycles. The molecule has 0 saturated heterocycles. The van der Waals surface area contributed by atoms with Gasteiger partial charge in [0.05, 0.1) is 0 Å². The lowest BCUT2D eigenvalue weighted by Gasteiger charge is -1.66. The summed E-state index contributed by atoms with van der Waals surface area (Å²) in [7, 11) is 0. The van der Waals surface area contributed by atoms with Crippen LogP contribution in [0.1, 0.15) is 6.92 Å². The molecule has 0 aliphatic carbocycles. The molecular weight excluding hydrogens is 68.1 g/mol. The molecule has 0 bridgehead atoms. The molecule has 0 aromatic heterocycles. The van der Waals surface area contributed by atoms with Crippen LogP contribution in [0, 0.1) is 6.42 Å². The van der Waals surface area contributed by atoms with E-state index in [4.69, 9.17) is 0 Å². The normalized spacial score (nSPS) is 7.50. The monoisotopic (exact) mass is 74.0 g/mol. The van der Waals surface area contributed by atoms with E-state index in [-0.39, 0.29) is 0 Å². The average Bonchev–Trinajstić information content (AvgIpc) is 1.37. The van der Waals surface area contributed by atoms with Gasteiger partial charge in [-0.15, -0.1) is 0 Å². The molecule has 0 spiro atoms. The van der Waals surface area contributed by atoms with Crippen molar-refractivity contribution in [1.29, 1.82) is 0 Å². The molecule has 4 heavy (non-hydrogen) atoms. The Bertz CT molecular complexity index is 5.25. The Balaban J connectivity index is 1.97. The molecule has 2 radical (unpaired) electrons. The van der Waals surface area contributed by atoms with Gasteiger partial charge in [-0.1, -0.05) is 6.92 Å². The zero-order chi connectivity index (χ0) is 3.41. The van der Waals surface area contributed by atoms with Gasteiger partial charge in [0.2, 0.25) is 0 Å². The predicted molar refractivity (Wildman–Crippen MR) is 22.8 cm³/mol. The second-order valence-electron chi connectivity index (χ2n) is 0.512. The Labute approximate surface area is 32.6 Å². The standard InChI is InChI=1S/C3H6S/c1-2-3-4/h4H,3H2,1H3. The van der Waals surface area contributed by atoms with Crippen LogP contribution >= 0.6 is 12.6 Å². The number of thiol groups is 1. The van der Waals surface area contributed by atoms with Crippen molar-refractivity contribution in [2.45, 2.75) is 6.92 Å². The van der Waals surface area contributed by atoms with Crippen LogP contribution in [0.5, 0.6) is 0 Å². The third-order valence-electron chi connectivity index (χ3n) is 0.158. The van der Waals surface area contributed by atoms with Gasteiger partial charge in [0.25, 0.3) is 0 Å². The second-order valence-corrected chi connectivity index (χ2v) is 0.828. The van der Waals surface area contributed by atoms with Gasteiger partial charge in [-0.3, -0.25) is 0 Å². The van der Waals surface area contributed by atoms with Gasteiger partial charge in [-0.25, -0.2) is 0 Å². The van der Waals surface area contributed by atoms with Gasteiger partial charge in [-0.2, -0.15) is 12.6 Å². The minimum Gasteiger partial charge on any atom is -0.179 e. The van der Waals surface area contributed by atoms with Crippen molar-refractivity contribution >= 4 is 12.6 Å². The Morgan fingerprint density at radius 3 is 2.25 bits per heavy atom. The van der Waals surface area contributed by atoms with Gasteiger partial charge in [-0.05, 0) is 12.2 Å². The molecule has 0 N–H and O–H groups in total. The highest BCUT2D eigenvalue weighted by molar-refractivity contribution is 7.80. The first kappa shape index (κ1) is 4.35. The molecule has 0 fully saturated rings. The van der Waals surface area contributed by atoms with Crippen LogP contribution in [-0.2, 0) is 0 Å². The smallest absolute Gasteiger partial charge is 0.00323 e. The van der Waals surface area contributed by atoms with E-state index in [1.165, 1.54) is 0 Å². The van der Waals surface area contributed by atoms with Crippen molar-refractivity contribution < 1.29 is 0 Å². The summed E-state index contributed by atoms with van der Waals surface area (Å²) in [6.07, 6.45) is 2.79.